The minimum absolute atomic E-state index is 0.279. The fourth-order valence-electron chi connectivity index (χ4n) is 1.54. The summed E-state index contributed by atoms with van der Waals surface area (Å²) in [5.74, 6) is -1.04. The number of hydrogen-bond donors (Lipinski definition) is 2. The van der Waals surface area contributed by atoms with Crippen LogP contribution < -0.4 is 0 Å². The molecule has 2 unspecified atom stereocenters. The molecule has 0 saturated heterocycles. The van der Waals surface area contributed by atoms with Gasteiger partial charge >= 0.3 is 18.3 Å². The van der Waals surface area contributed by atoms with Crippen molar-refractivity contribution in [3.05, 3.63) is 0 Å². The Morgan fingerprint density at radius 3 is 1.50 bits per heavy atom. The fraction of sp³-hybridized carbons (Fsp3) is 0.917. The Morgan fingerprint density at radius 1 is 0.955 bits per heavy atom. The average molecular weight is 340 g/mol. The molecule has 0 bridgehead atoms. The van der Waals surface area contributed by atoms with Gasteiger partial charge in [-0.1, -0.05) is 6.92 Å². The predicted octanol–water partition coefficient (Wildman–Crippen LogP) is 2.72. The van der Waals surface area contributed by atoms with Gasteiger partial charge in [0.2, 0.25) is 0 Å². The maximum atomic E-state index is 12.6. The number of esters is 1. The molecule has 0 rings (SSSR count). The van der Waals surface area contributed by atoms with Gasteiger partial charge < -0.3 is 14.9 Å². The van der Waals surface area contributed by atoms with Gasteiger partial charge in [0.15, 0.2) is 11.2 Å². The zero-order chi connectivity index (χ0) is 18.0. The first-order valence-corrected chi connectivity index (χ1v) is 6.31. The fourth-order valence-corrected chi connectivity index (χ4v) is 1.54. The maximum absolute atomic E-state index is 12.6. The summed E-state index contributed by atoms with van der Waals surface area (Å²) < 4.78 is 80.1. The van der Waals surface area contributed by atoms with Crippen LogP contribution in [0, 0.1) is 0 Å². The van der Waals surface area contributed by atoms with Gasteiger partial charge in [-0.3, -0.25) is 4.79 Å². The highest BCUT2D eigenvalue weighted by Crippen LogP contribution is 2.39. The lowest BCUT2D eigenvalue weighted by molar-refractivity contribution is -0.276. The Balaban J connectivity index is 5.28. The molecule has 0 amide bonds. The first kappa shape index (κ1) is 21.0. The van der Waals surface area contributed by atoms with Gasteiger partial charge in [-0.2, -0.15) is 26.3 Å². The lowest BCUT2D eigenvalue weighted by Gasteiger charge is -2.34. The summed E-state index contributed by atoms with van der Waals surface area (Å²) in [6.07, 6.45) is -15.1. The highest BCUT2D eigenvalue weighted by molar-refractivity contribution is 5.69. The summed E-state index contributed by atoms with van der Waals surface area (Å²) in [4.78, 5) is 11.1. The van der Waals surface area contributed by atoms with Crippen molar-refractivity contribution in [1.82, 2.24) is 0 Å². The second-order valence-electron chi connectivity index (χ2n) is 5.42. The van der Waals surface area contributed by atoms with Crippen LogP contribution in [0.5, 0.6) is 0 Å². The van der Waals surface area contributed by atoms with Crippen molar-refractivity contribution < 1.29 is 46.1 Å². The Bertz CT molecular complexity index is 358. The molecule has 0 saturated carbocycles. The van der Waals surface area contributed by atoms with Crippen molar-refractivity contribution in [2.75, 3.05) is 0 Å². The number of carbonyl (C=O) groups is 1. The number of rotatable bonds is 6. The molecule has 0 fully saturated rings. The van der Waals surface area contributed by atoms with Crippen molar-refractivity contribution >= 4 is 5.97 Å². The lowest BCUT2D eigenvalue weighted by atomic mass is 9.89. The van der Waals surface area contributed by atoms with E-state index in [1.54, 1.807) is 0 Å². The molecule has 10 heteroatoms. The summed E-state index contributed by atoms with van der Waals surface area (Å²) in [6.45, 7) is 1.99. The van der Waals surface area contributed by atoms with Gasteiger partial charge in [-0.15, -0.1) is 0 Å². The van der Waals surface area contributed by atoms with E-state index in [9.17, 15) is 41.4 Å². The zero-order valence-electron chi connectivity index (χ0n) is 12.2. The lowest BCUT2D eigenvalue weighted by Crippen LogP contribution is -2.50. The van der Waals surface area contributed by atoms with Crippen LogP contribution in [-0.4, -0.2) is 45.8 Å². The van der Waals surface area contributed by atoms with Crippen LogP contribution in [-0.2, 0) is 9.53 Å². The van der Waals surface area contributed by atoms with Crippen molar-refractivity contribution in [2.45, 2.75) is 69.7 Å². The van der Waals surface area contributed by atoms with E-state index in [4.69, 9.17) is 0 Å². The van der Waals surface area contributed by atoms with Crippen molar-refractivity contribution in [2.24, 2.45) is 0 Å². The maximum Gasteiger partial charge on any atom is 0.417 e. The van der Waals surface area contributed by atoms with Crippen LogP contribution >= 0.6 is 0 Å². The van der Waals surface area contributed by atoms with Gasteiger partial charge in [0.1, 0.15) is 6.10 Å². The number of aliphatic hydroxyl groups is 2. The predicted molar refractivity (Wildman–Crippen MR) is 62.8 cm³/mol. The van der Waals surface area contributed by atoms with Crippen molar-refractivity contribution in [1.29, 1.82) is 0 Å². The Labute approximate surface area is 123 Å². The summed E-state index contributed by atoms with van der Waals surface area (Å²) >= 11 is 0. The van der Waals surface area contributed by atoms with Gasteiger partial charge in [-0.25, -0.2) is 0 Å². The molecule has 0 aromatic rings. The molecule has 2 atom stereocenters. The number of hydrogen-bond acceptors (Lipinski definition) is 4. The molecule has 0 aromatic carbocycles. The molecule has 0 spiro atoms. The number of ether oxygens (including phenoxy) is 1. The van der Waals surface area contributed by atoms with Crippen LogP contribution in [0.3, 0.4) is 0 Å². The van der Waals surface area contributed by atoms with Crippen molar-refractivity contribution in [3.63, 3.8) is 0 Å². The minimum Gasteiger partial charge on any atom is -0.462 e. The quantitative estimate of drug-likeness (QED) is 0.576. The monoisotopic (exact) mass is 340 g/mol. The molecular formula is C12H18F6O4. The van der Waals surface area contributed by atoms with Gasteiger partial charge in [0.25, 0.3) is 0 Å². The highest BCUT2D eigenvalue weighted by atomic mass is 19.4. The minimum atomic E-state index is -5.13. The molecule has 0 aliphatic carbocycles. The third-order valence-corrected chi connectivity index (χ3v) is 3.06. The molecule has 0 aliphatic rings. The normalized spacial score (nSPS) is 20.0. The third kappa shape index (κ3) is 5.64. The molecule has 0 aliphatic heterocycles. The molecule has 22 heavy (non-hydrogen) atoms. The molecule has 4 nitrogen and oxygen atoms in total. The van der Waals surface area contributed by atoms with E-state index >= 15 is 0 Å². The van der Waals surface area contributed by atoms with Crippen LogP contribution in [0.15, 0.2) is 0 Å². The molecule has 0 aromatic heterocycles. The van der Waals surface area contributed by atoms with E-state index in [2.05, 4.69) is 4.74 Å². The van der Waals surface area contributed by atoms with Gasteiger partial charge in [-0.05, 0) is 13.8 Å². The van der Waals surface area contributed by atoms with Crippen LogP contribution in [0.25, 0.3) is 0 Å². The molecule has 2 N–H and O–H groups in total. The summed E-state index contributed by atoms with van der Waals surface area (Å²) in [7, 11) is 0. The SMILES string of the molecule is CCC(=O)OC(CC(C)(O)C(F)(F)F)CC(C)(O)C(F)(F)F. The van der Waals surface area contributed by atoms with E-state index in [0.717, 1.165) is 0 Å². The number of carbonyl (C=O) groups excluding carboxylic acids is 1. The summed E-state index contributed by atoms with van der Waals surface area (Å²) in [5, 5.41) is 18.7. The Hall–Kier alpha value is -1.03. The second-order valence-corrected chi connectivity index (χ2v) is 5.42. The van der Waals surface area contributed by atoms with Gasteiger partial charge in [0.05, 0.1) is 0 Å². The third-order valence-electron chi connectivity index (χ3n) is 3.06. The molecular weight excluding hydrogens is 322 g/mol. The van der Waals surface area contributed by atoms with Crippen LogP contribution in [0.4, 0.5) is 26.3 Å². The molecule has 132 valence electrons. The first-order valence-electron chi connectivity index (χ1n) is 6.31. The smallest absolute Gasteiger partial charge is 0.417 e. The van der Waals surface area contributed by atoms with Gasteiger partial charge in [0, 0.05) is 19.3 Å². The average Bonchev–Trinajstić information content (AvgIpc) is 2.24. The molecule has 0 radical (unpaired) electrons. The van der Waals surface area contributed by atoms with E-state index in [-0.39, 0.29) is 6.42 Å². The van der Waals surface area contributed by atoms with Crippen molar-refractivity contribution in [3.8, 4) is 0 Å². The second kappa shape index (κ2) is 6.61. The van der Waals surface area contributed by atoms with E-state index in [0.29, 0.717) is 13.8 Å². The number of halogens is 6. The Kier molecular flexibility index (Phi) is 6.30. The highest BCUT2D eigenvalue weighted by Gasteiger charge is 2.55. The Morgan fingerprint density at radius 2 is 1.27 bits per heavy atom. The van der Waals surface area contributed by atoms with E-state index in [1.807, 2.05) is 0 Å². The summed E-state index contributed by atoms with van der Waals surface area (Å²) in [5.41, 5.74) is -6.74. The van der Waals surface area contributed by atoms with Crippen LogP contribution in [0.1, 0.15) is 40.0 Å². The standard InChI is InChI=1S/C12H18F6O4/c1-4-8(19)22-7(5-9(2,20)11(13,14)15)6-10(3,21)12(16,17)18/h7,20-21H,4-6H2,1-3H3. The first-order chi connectivity index (χ1) is 9.53. The zero-order valence-corrected chi connectivity index (χ0v) is 12.2. The molecule has 0 heterocycles. The summed E-state index contributed by atoms with van der Waals surface area (Å²) in [6, 6.07) is 0. The topological polar surface area (TPSA) is 66.8 Å². The largest absolute Gasteiger partial charge is 0.462 e. The van der Waals surface area contributed by atoms with E-state index in [1.165, 1.54) is 6.92 Å². The van der Waals surface area contributed by atoms with Crippen LogP contribution in [0.2, 0.25) is 0 Å². The number of alkyl halides is 6. The van der Waals surface area contributed by atoms with E-state index < -0.39 is 48.5 Å².